The van der Waals surface area contributed by atoms with Gasteiger partial charge in [-0.25, -0.2) is 5.84 Å². The van der Waals surface area contributed by atoms with Crippen LogP contribution in [0.25, 0.3) is 0 Å². The van der Waals surface area contributed by atoms with Crippen molar-refractivity contribution in [1.29, 1.82) is 0 Å². The predicted molar refractivity (Wildman–Crippen MR) is 73.2 cm³/mol. The molecule has 2 unspecified atom stereocenters. The summed E-state index contributed by atoms with van der Waals surface area (Å²) in [5, 5.41) is 1.41. The normalized spacial score (nSPS) is 24.6. The van der Waals surface area contributed by atoms with Gasteiger partial charge in [0.1, 0.15) is 0 Å². The van der Waals surface area contributed by atoms with Crippen molar-refractivity contribution in [3.63, 3.8) is 0 Å². The molecule has 3 N–H and O–H groups in total. The van der Waals surface area contributed by atoms with Gasteiger partial charge in [-0.1, -0.05) is 17.7 Å². The van der Waals surface area contributed by atoms with Crippen LogP contribution in [0.5, 0.6) is 0 Å². The predicted octanol–water partition coefficient (Wildman–Crippen LogP) is 1.11. The third-order valence-electron chi connectivity index (χ3n) is 3.72. The highest BCUT2D eigenvalue weighted by Gasteiger charge is 2.43. The van der Waals surface area contributed by atoms with Crippen LogP contribution in [-0.4, -0.2) is 29.9 Å². The van der Waals surface area contributed by atoms with Crippen LogP contribution in [0.15, 0.2) is 29.2 Å². The van der Waals surface area contributed by atoms with Crippen molar-refractivity contribution in [1.82, 2.24) is 5.01 Å². The van der Waals surface area contributed by atoms with E-state index in [1.54, 1.807) is 12.1 Å². The Morgan fingerprint density at radius 3 is 2.20 bits per heavy atom. The van der Waals surface area contributed by atoms with Gasteiger partial charge >= 0.3 is 0 Å². The van der Waals surface area contributed by atoms with Crippen LogP contribution in [0.2, 0.25) is 0 Å². The van der Waals surface area contributed by atoms with Crippen LogP contribution in [0, 0.1) is 12.8 Å². The summed E-state index contributed by atoms with van der Waals surface area (Å²) in [6.07, 6.45) is 3.19. The maximum absolute atomic E-state index is 11.0. The van der Waals surface area contributed by atoms with Gasteiger partial charge in [-0.3, -0.25) is 14.4 Å². The fraction of sp³-hybridized carbons (Fsp3) is 0.462. The number of carbonyl (C=O) groups is 1. The number of nitrogens with zero attached hydrogens (tertiary/aromatic N) is 1. The van der Waals surface area contributed by atoms with Gasteiger partial charge in [-0.2, -0.15) is 8.42 Å². The first-order chi connectivity index (χ1) is 9.29. The molecule has 1 aromatic carbocycles. The summed E-state index contributed by atoms with van der Waals surface area (Å²) >= 11 is 0. The van der Waals surface area contributed by atoms with Crippen LogP contribution in [0.3, 0.4) is 0 Å². The number of piperidine rings is 1. The SMILES string of the molecule is Cc1ccc(S(=O)(=O)O)cc1.NN1C(=O)C2CCC1C2. The quantitative estimate of drug-likeness (QED) is 0.459. The number of nitrogens with two attached hydrogens (primary N) is 1. The molecule has 1 aromatic rings. The van der Waals surface area contributed by atoms with Crippen molar-refractivity contribution in [2.75, 3.05) is 0 Å². The van der Waals surface area contributed by atoms with E-state index < -0.39 is 10.1 Å². The molecule has 2 fully saturated rings. The number of carbonyl (C=O) groups excluding carboxylic acids is 1. The molecule has 1 heterocycles. The Morgan fingerprint density at radius 1 is 1.25 bits per heavy atom. The third-order valence-corrected chi connectivity index (χ3v) is 4.59. The molecular weight excluding hydrogens is 280 g/mol. The second kappa shape index (κ2) is 5.51. The largest absolute Gasteiger partial charge is 0.294 e. The summed E-state index contributed by atoms with van der Waals surface area (Å²) in [5.41, 5.74) is 0.956. The van der Waals surface area contributed by atoms with Crippen molar-refractivity contribution in [2.45, 2.75) is 37.1 Å². The van der Waals surface area contributed by atoms with Crippen LogP contribution in [0.4, 0.5) is 0 Å². The van der Waals surface area contributed by atoms with Crippen LogP contribution in [0.1, 0.15) is 24.8 Å². The minimum atomic E-state index is -4.02. The van der Waals surface area contributed by atoms with Gasteiger partial charge in [-0.05, 0) is 38.3 Å². The fourth-order valence-electron chi connectivity index (χ4n) is 2.54. The van der Waals surface area contributed by atoms with E-state index in [-0.39, 0.29) is 16.7 Å². The molecule has 1 aliphatic heterocycles. The minimum Gasteiger partial charge on any atom is -0.282 e. The second-order valence-electron chi connectivity index (χ2n) is 5.20. The number of hydrazine groups is 1. The molecule has 2 bridgehead atoms. The third kappa shape index (κ3) is 3.17. The molecule has 0 aromatic heterocycles. The Balaban J connectivity index is 0.000000149. The molecule has 1 saturated carbocycles. The van der Waals surface area contributed by atoms with E-state index in [0.717, 1.165) is 24.8 Å². The lowest BCUT2D eigenvalue weighted by Crippen LogP contribution is -2.42. The van der Waals surface area contributed by atoms with Crippen LogP contribution in [-0.2, 0) is 14.9 Å². The monoisotopic (exact) mass is 298 g/mol. The average Bonchev–Trinajstić information content (AvgIpc) is 2.94. The van der Waals surface area contributed by atoms with Crippen LogP contribution < -0.4 is 5.84 Å². The van der Waals surface area contributed by atoms with E-state index in [9.17, 15) is 13.2 Å². The minimum absolute atomic E-state index is 0.0666. The number of hydrogen-bond acceptors (Lipinski definition) is 4. The Labute approximate surface area is 118 Å². The van der Waals surface area contributed by atoms with Gasteiger partial charge in [0.25, 0.3) is 10.1 Å². The number of fused-ring (bicyclic) bond motifs is 2. The lowest BCUT2D eigenvalue weighted by atomic mass is 10.1. The van der Waals surface area contributed by atoms with Crippen LogP contribution >= 0.6 is 0 Å². The van der Waals surface area contributed by atoms with Gasteiger partial charge in [0.15, 0.2) is 0 Å². The summed E-state index contributed by atoms with van der Waals surface area (Å²) in [4.78, 5) is 10.9. The molecule has 2 atom stereocenters. The molecule has 2 aliphatic rings. The van der Waals surface area contributed by atoms with Crippen molar-refractivity contribution in [2.24, 2.45) is 11.8 Å². The van der Waals surface area contributed by atoms with E-state index in [0.29, 0.717) is 6.04 Å². The molecule has 0 spiro atoms. The van der Waals surface area contributed by atoms with Gasteiger partial charge in [-0.15, -0.1) is 0 Å². The van der Waals surface area contributed by atoms with Crippen molar-refractivity contribution in [3.05, 3.63) is 29.8 Å². The van der Waals surface area contributed by atoms with E-state index in [1.165, 1.54) is 17.1 Å². The Morgan fingerprint density at radius 2 is 1.85 bits per heavy atom. The Hall–Kier alpha value is -1.44. The topological polar surface area (TPSA) is 101 Å². The molecule has 20 heavy (non-hydrogen) atoms. The van der Waals surface area contributed by atoms with Crippen molar-refractivity contribution >= 4 is 16.0 Å². The zero-order valence-electron chi connectivity index (χ0n) is 11.2. The van der Waals surface area contributed by atoms with Gasteiger partial charge in [0, 0.05) is 12.0 Å². The first-order valence-electron chi connectivity index (χ1n) is 6.41. The number of aryl methyl sites for hydroxylation is 1. The average molecular weight is 298 g/mol. The number of benzene rings is 1. The molecule has 110 valence electrons. The maximum atomic E-state index is 11.0. The highest BCUT2D eigenvalue weighted by molar-refractivity contribution is 7.85. The van der Waals surface area contributed by atoms with E-state index in [4.69, 9.17) is 10.4 Å². The molecular formula is C13H18N2O4S. The summed E-state index contributed by atoms with van der Waals surface area (Å²) in [6, 6.07) is 6.36. The van der Waals surface area contributed by atoms with E-state index in [1.807, 2.05) is 6.92 Å². The Kier molecular flexibility index (Phi) is 4.12. The first kappa shape index (κ1) is 15.0. The number of amides is 1. The molecule has 1 amide bonds. The summed E-state index contributed by atoms with van der Waals surface area (Å²) in [7, 11) is -4.02. The standard InChI is InChI=1S/C7H8O3S.C6H10N2O/c1-6-2-4-7(5-3-6)11(8,9)10;7-8-5-2-1-4(3-5)6(8)9/h2-5H,1H3,(H,8,9,10);4-5H,1-3,7H2. The van der Waals surface area contributed by atoms with Crippen molar-refractivity contribution < 1.29 is 17.8 Å². The molecule has 6 nitrogen and oxygen atoms in total. The molecule has 1 aliphatic carbocycles. The first-order valence-corrected chi connectivity index (χ1v) is 7.85. The Bertz CT molecular complexity index is 593. The summed E-state index contributed by atoms with van der Waals surface area (Å²) in [6.45, 7) is 1.84. The zero-order valence-corrected chi connectivity index (χ0v) is 12.0. The molecule has 1 saturated heterocycles. The van der Waals surface area contributed by atoms with Crippen molar-refractivity contribution in [3.8, 4) is 0 Å². The molecule has 0 radical (unpaired) electrons. The lowest BCUT2D eigenvalue weighted by molar-refractivity contribution is -0.134. The summed E-state index contributed by atoms with van der Waals surface area (Å²) < 4.78 is 29.6. The highest BCUT2D eigenvalue weighted by Crippen LogP contribution is 2.36. The van der Waals surface area contributed by atoms with E-state index >= 15 is 0 Å². The lowest BCUT2D eigenvalue weighted by Gasteiger charge is -2.20. The second-order valence-corrected chi connectivity index (χ2v) is 6.62. The van der Waals surface area contributed by atoms with Gasteiger partial charge < -0.3 is 0 Å². The zero-order chi connectivity index (χ0) is 14.9. The highest BCUT2D eigenvalue weighted by atomic mass is 32.2. The fourth-order valence-corrected chi connectivity index (χ4v) is 3.02. The molecule has 3 rings (SSSR count). The van der Waals surface area contributed by atoms with Gasteiger partial charge in [0.2, 0.25) is 5.91 Å². The summed E-state index contributed by atoms with van der Waals surface area (Å²) in [5.74, 6) is 5.88. The van der Waals surface area contributed by atoms with E-state index in [2.05, 4.69) is 0 Å². The number of hydrogen-bond donors (Lipinski definition) is 2. The smallest absolute Gasteiger partial charge is 0.282 e. The maximum Gasteiger partial charge on any atom is 0.294 e. The molecule has 7 heteroatoms. The van der Waals surface area contributed by atoms with Gasteiger partial charge in [0.05, 0.1) is 4.90 Å². The number of rotatable bonds is 1.